The molecule has 1 aromatic carbocycles. The monoisotopic (exact) mass is 282 g/mol. The molecule has 0 fully saturated rings. The van der Waals surface area contributed by atoms with Gasteiger partial charge in [-0.1, -0.05) is 0 Å². The summed E-state index contributed by atoms with van der Waals surface area (Å²) in [5, 5.41) is 6.75. The minimum Gasteiger partial charge on any atom is -0.438 e. The molecule has 0 bridgehead atoms. The van der Waals surface area contributed by atoms with Crippen LogP contribution in [0.15, 0.2) is 24.4 Å². The molecule has 0 aliphatic carbocycles. The molecule has 0 saturated carbocycles. The lowest BCUT2D eigenvalue weighted by atomic mass is 10.3. The van der Waals surface area contributed by atoms with E-state index < -0.39 is 11.6 Å². The molecular formula is C11H5ClF2N4O. The Labute approximate surface area is 110 Å². The van der Waals surface area contributed by atoms with Gasteiger partial charge < -0.3 is 4.74 Å². The average molecular weight is 283 g/mol. The molecule has 0 atom stereocenters. The number of nitrogens with one attached hydrogen (secondary N) is 1. The van der Waals surface area contributed by atoms with E-state index in [1.54, 1.807) is 0 Å². The average Bonchev–Trinajstić information content (AvgIpc) is 2.75. The van der Waals surface area contributed by atoms with Gasteiger partial charge in [0.05, 0.1) is 6.20 Å². The van der Waals surface area contributed by atoms with E-state index in [1.165, 1.54) is 6.20 Å². The van der Waals surface area contributed by atoms with E-state index in [2.05, 4.69) is 20.2 Å². The summed E-state index contributed by atoms with van der Waals surface area (Å²) in [5.41, 5.74) is 0.367. The second kappa shape index (κ2) is 4.43. The molecule has 0 radical (unpaired) electrons. The molecule has 19 heavy (non-hydrogen) atoms. The van der Waals surface area contributed by atoms with Crippen LogP contribution in [0.1, 0.15) is 0 Å². The summed E-state index contributed by atoms with van der Waals surface area (Å²) in [6.07, 6.45) is 1.43. The molecule has 8 heteroatoms. The summed E-state index contributed by atoms with van der Waals surface area (Å²) in [5.74, 6) is -1.47. The van der Waals surface area contributed by atoms with Crippen LogP contribution in [0, 0.1) is 11.6 Å². The molecule has 3 rings (SSSR count). The van der Waals surface area contributed by atoms with E-state index >= 15 is 0 Å². The smallest absolute Gasteiger partial charge is 0.234 e. The Bertz CT molecular complexity index is 741. The molecule has 96 valence electrons. The molecule has 2 heterocycles. The van der Waals surface area contributed by atoms with Crippen LogP contribution in [0.4, 0.5) is 8.78 Å². The number of H-pyrrole nitrogens is 1. The quantitative estimate of drug-likeness (QED) is 0.734. The highest BCUT2D eigenvalue weighted by atomic mass is 35.5. The van der Waals surface area contributed by atoms with Crippen molar-refractivity contribution in [3.05, 3.63) is 41.3 Å². The van der Waals surface area contributed by atoms with Gasteiger partial charge in [-0.05, 0) is 11.6 Å². The van der Waals surface area contributed by atoms with Crippen molar-refractivity contribution in [1.29, 1.82) is 0 Å². The SMILES string of the molecule is Fc1cc(F)cc(Oc2nc(Cl)nc3[nH]ncc23)c1. The van der Waals surface area contributed by atoms with Gasteiger partial charge >= 0.3 is 0 Å². The predicted octanol–water partition coefficient (Wildman–Crippen LogP) is 3.08. The predicted molar refractivity (Wildman–Crippen MR) is 63.1 cm³/mol. The standard InChI is InChI=1S/C11H5ClF2N4O/c12-11-16-9-8(4-15-18-9)10(17-11)19-7-2-5(13)1-6(14)3-7/h1-4H,(H,15,16,17,18). The number of rotatable bonds is 2. The maximum Gasteiger partial charge on any atom is 0.234 e. The molecule has 0 saturated heterocycles. The van der Waals surface area contributed by atoms with E-state index in [4.69, 9.17) is 16.3 Å². The third-order valence-electron chi connectivity index (χ3n) is 2.30. The van der Waals surface area contributed by atoms with Gasteiger partial charge in [0.1, 0.15) is 22.8 Å². The number of aromatic nitrogens is 4. The van der Waals surface area contributed by atoms with E-state index in [0.29, 0.717) is 11.0 Å². The minimum atomic E-state index is -0.751. The lowest BCUT2D eigenvalue weighted by Gasteiger charge is -2.06. The second-order valence-electron chi connectivity index (χ2n) is 3.64. The van der Waals surface area contributed by atoms with Gasteiger partial charge in [0.2, 0.25) is 11.2 Å². The molecular weight excluding hydrogens is 278 g/mol. The first-order valence-electron chi connectivity index (χ1n) is 5.12. The zero-order valence-corrected chi connectivity index (χ0v) is 9.95. The van der Waals surface area contributed by atoms with Crippen LogP contribution < -0.4 is 4.74 Å². The largest absolute Gasteiger partial charge is 0.438 e. The van der Waals surface area contributed by atoms with Crippen LogP contribution in [0.25, 0.3) is 11.0 Å². The summed E-state index contributed by atoms with van der Waals surface area (Å²) >= 11 is 5.71. The maximum atomic E-state index is 13.1. The number of fused-ring (bicyclic) bond motifs is 1. The van der Waals surface area contributed by atoms with E-state index in [1.807, 2.05) is 0 Å². The maximum absolute atomic E-state index is 13.1. The van der Waals surface area contributed by atoms with E-state index in [-0.39, 0.29) is 16.9 Å². The Kier molecular flexibility index (Phi) is 2.75. The van der Waals surface area contributed by atoms with Crippen LogP contribution in [-0.4, -0.2) is 20.2 Å². The van der Waals surface area contributed by atoms with Crippen LogP contribution >= 0.6 is 11.6 Å². The van der Waals surface area contributed by atoms with Gasteiger partial charge in [-0.3, -0.25) is 5.10 Å². The van der Waals surface area contributed by atoms with Crippen molar-refractivity contribution in [1.82, 2.24) is 20.2 Å². The Morgan fingerprint density at radius 3 is 2.58 bits per heavy atom. The fourth-order valence-corrected chi connectivity index (χ4v) is 1.72. The first-order chi connectivity index (χ1) is 9.11. The van der Waals surface area contributed by atoms with Gasteiger partial charge in [-0.25, -0.2) is 8.78 Å². The fourth-order valence-electron chi connectivity index (χ4n) is 1.56. The highest BCUT2D eigenvalue weighted by molar-refractivity contribution is 6.28. The zero-order chi connectivity index (χ0) is 13.4. The topological polar surface area (TPSA) is 63.7 Å². The second-order valence-corrected chi connectivity index (χ2v) is 3.98. The number of benzene rings is 1. The third-order valence-corrected chi connectivity index (χ3v) is 2.47. The minimum absolute atomic E-state index is 0.0326. The first kappa shape index (κ1) is 11.8. The number of aromatic amines is 1. The third kappa shape index (κ3) is 2.32. The fraction of sp³-hybridized carbons (Fsp3) is 0. The number of hydrogen-bond acceptors (Lipinski definition) is 4. The highest BCUT2D eigenvalue weighted by Gasteiger charge is 2.11. The molecule has 5 nitrogen and oxygen atoms in total. The van der Waals surface area contributed by atoms with Crippen molar-refractivity contribution < 1.29 is 13.5 Å². The Morgan fingerprint density at radius 1 is 1.11 bits per heavy atom. The van der Waals surface area contributed by atoms with Gasteiger partial charge in [0, 0.05) is 18.2 Å². The highest BCUT2D eigenvalue weighted by Crippen LogP contribution is 2.28. The van der Waals surface area contributed by atoms with Gasteiger partial charge in [-0.2, -0.15) is 15.1 Å². The number of ether oxygens (including phenoxy) is 1. The molecule has 2 aromatic heterocycles. The first-order valence-corrected chi connectivity index (χ1v) is 5.50. The molecule has 0 unspecified atom stereocenters. The van der Waals surface area contributed by atoms with Crippen molar-refractivity contribution in [2.45, 2.75) is 0 Å². The summed E-state index contributed by atoms with van der Waals surface area (Å²) in [7, 11) is 0. The summed E-state index contributed by atoms with van der Waals surface area (Å²) < 4.78 is 31.5. The van der Waals surface area contributed by atoms with Crippen LogP contribution in [-0.2, 0) is 0 Å². The lowest BCUT2D eigenvalue weighted by molar-refractivity contribution is 0.456. The Hall–Kier alpha value is -2.28. The zero-order valence-electron chi connectivity index (χ0n) is 9.19. The van der Waals surface area contributed by atoms with Gasteiger partial charge in [-0.15, -0.1) is 0 Å². The molecule has 0 amide bonds. The van der Waals surface area contributed by atoms with Gasteiger partial charge in [0.15, 0.2) is 5.65 Å². The summed E-state index contributed by atoms with van der Waals surface area (Å²) in [4.78, 5) is 7.74. The van der Waals surface area contributed by atoms with Crippen LogP contribution in [0.2, 0.25) is 5.28 Å². The lowest BCUT2D eigenvalue weighted by Crippen LogP contribution is -1.93. The Balaban J connectivity index is 2.07. The molecule has 1 N–H and O–H groups in total. The number of hydrogen-bond donors (Lipinski definition) is 1. The van der Waals surface area contributed by atoms with Crippen molar-refractivity contribution in [3.63, 3.8) is 0 Å². The molecule has 0 spiro atoms. The summed E-state index contributed by atoms with van der Waals surface area (Å²) in [6, 6.07) is 2.81. The van der Waals surface area contributed by atoms with Crippen LogP contribution in [0.3, 0.4) is 0 Å². The summed E-state index contributed by atoms with van der Waals surface area (Å²) in [6.45, 7) is 0. The van der Waals surface area contributed by atoms with Crippen molar-refractivity contribution in [3.8, 4) is 11.6 Å². The molecule has 3 aromatic rings. The van der Waals surface area contributed by atoms with Crippen LogP contribution in [0.5, 0.6) is 11.6 Å². The number of nitrogens with zero attached hydrogens (tertiary/aromatic N) is 3. The molecule has 0 aliphatic heterocycles. The van der Waals surface area contributed by atoms with Gasteiger partial charge in [0.25, 0.3) is 0 Å². The van der Waals surface area contributed by atoms with E-state index in [9.17, 15) is 8.78 Å². The van der Waals surface area contributed by atoms with Crippen molar-refractivity contribution >= 4 is 22.6 Å². The molecule has 0 aliphatic rings. The normalized spacial score (nSPS) is 10.9. The van der Waals surface area contributed by atoms with Crippen molar-refractivity contribution in [2.24, 2.45) is 0 Å². The number of halogens is 3. The van der Waals surface area contributed by atoms with E-state index in [0.717, 1.165) is 18.2 Å². The van der Waals surface area contributed by atoms with Crippen molar-refractivity contribution in [2.75, 3.05) is 0 Å². The Morgan fingerprint density at radius 2 is 1.84 bits per heavy atom.